The van der Waals surface area contributed by atoms with E-state index < -0.39 is 0 Å². The molecule has 4 rings (SSSR count). The number of likely N-dealkylation sites (tertiary alicyclic amines) is 1. The summed E-state index contributed by atoms with van der Waals surface area (Å²) in [7, 11) is 0. The van der Waals surface area contributed by atoms with Crippen LogP contribution < -0.4 is 15.2 Å². The highest BCUT2D eigenvalue weighted by Crippen LogP contribution is 2.34. The van der Waals surface area contributed by atoms with E-state index in [1.807, 2.05) is 6.07 Å². The number of fused-ring (bicyclic) bond motifs is 1. The number of ketones is 1. The number of quaternary nitrogens is 1. The first-order valence-electron chi connectivity index (χ1n) is 12.1. The van der Waals surface area contributed by atoms with Gasteiger partial charge in [-0.25, -0.2) is 0 Å². The molecule has 2 saturated heterocycles. The number of ether oxygens (including phenoxy) is 3. The second-order valence-electron chi connectivity index (χ2n) is 9.67. The molecule has 0 spiro atoms. The Bertz CT molecular complexity index is 754. The molecule has 2 atom stereocenters. The molecule has 1 aromatic rings. The molecule has 0 saturated carbocycles. The molecule has 172 valence electrons. The standard InChI is InChI=1S/C25H39N2O4/c1-3-27(18(2)16-19-4-5-22-23(17-19)31-15-14-30-22)10-6-20(7-11-27)24(26)25(28)21-8-12-29-13-9-21/h4-5,17-18,20-21,24H,3,6-16,26H2,1-2H3/q+1. The number of nitrogens with zero attached hydrogens (tertiary/aromatic N) is 1. The summed E-state index contributed by atoms with van der Waals surface area (Å²) in [5, 5.41) is 0. The maximum Gasteiger partial charge on any atom is 0.161 e. The molecule has 0 radical (unpaired) electrons. The molecular weight excluding hydrogens is 392 g/mol. The predicted octanol–water partition coefficient (Wildman–Crippen LogP) is 2.96. The third-order valence-electron chi connectivity index (χ3n) is 8.05. The van der Waals surface area contributed by atoms with Crippen molar-refractivity contribution in [2.24, 2.45) is 17.6 Å². The summed E-state index contributed by atoms with van der Waals surface area (Å²) in [5.74, 6) is 2.41. The van der Waals surface area contributed by atoms with Crippen LogP contribution in [-0.2, 0) is 16.0 Å². The number of nitrogens with two attached hydrogens (primary N) is 1. The molecule has 2 fully saturated rings. The molecule has 2 N–H and O–H groups in total. The highest BCUT2D eigenvalue weighted by molar-refractivity contribution is 5.86. The average molecular weight is 432 g/mol. The SMILES string of the molecule is CC[N+]1(C(C)Cc2ccc3c(c2)OCCO3)CCC(C(N)C(=O)C2CCOCC2)CC1. The van der Waals surface area contributed by atoms with E-state index in [1.165, 1.54) is 5.56 Å². The minimum Gasteiger partial charge on any atom is -0.486 e. The second kappa shape index (κ2) is 9.88. The van der Waals surface area contributed by atoms with Gasteiger partial charge >= 0.3 is 0 Å². The zero-order chi connectivity index (χ0) is 21.8. The molecule has 1 aromatic carbocycles. The topological polar surface area (TPSA) is 70.8 Å². The molecule has 31 heavy (non-hydrogen) atoms. The van der Waals surface area contributed by atoms with E-state index >= 15 is 0 Å². The van der Waals surface area contributed by atoms with Crippen molar-refractivity contribution < 1.29 is 23.5 Å². The van der Waals surface area contributed by atoms with Gasteiger partial charge in [0.1, 0.15) is 13.2 Å². The molecule has 0 bridgehead atoms. The minimum atomic E-state index is -0.310. The van der Waals surface area contributed by atoms with Crippen molar-refractivity contribution in [2.75, 3.05) is 46.1 Å². The molecule has 0 aliphatic carbocycles. The lowest BCUT2D eigenvalue weighted by Gasteiger charge is -2.48. The molecule has 0 aromatic heterocycles. The summed E-state index contributed by atoms with van der Waals surface area (Å²) >= 11 is 0. The number of carbonyl (C=O) groups is 1. The number of hydrogen-bond donors (Lipinski definition) is 1. The summed E-state index contributed by atoms with van der Waals surface area (Å²) in [6.45, 7) is 10.6. The average Bonchev–Trinajstić information content (AvgIpc) is 2.83. The van der Waals surface area contributed by atoms with Crippen molar-refractivity contribution in [2.45, 2.75) is 58.0 Å². The van der Waals surface area contributed by atoms with Gasteiger partial charge in [0, 0.05) is 38.4 Å². The van der Waals surface area contributed by atoms with Crippen LogP contribution in [0.4, 0.5) is 0 Å². The van der Waals surface area contributed by atoms with Crippen LogP contribution in [0.25, 0.3) is 0 Å². The first-order valence-corrected chi connectivity index (χ1v) is 12.1. The van der Waals surface area contributed by atoms with Crippen molar-refractivity contribution >= 4 is 5.78 Å². The first-order chi connectivity index (χ1) is 15.0. The monoisotopic (exact) mass is 431 g/mol. The van der Waals surface area contributed by atoms with Crippen molar-refractivity contribution in [3.63, 3.8) is 0 Å². The summed E-state index contributed by atoms with van der Waals surface area (Å²) in [6, 6.07) is 6.56. The largest absolute Gasteiger partial charge is 0.486 e. The Morgan fingerprint density at radius 1 is 1.06 bits per heavy atom. The van der Waals surface area contributed by atoms with Crippen LogP contribution in [0.3, 0.4) is 0 Å². The maximum atomic E-state index is 12.9. The highest BCUT2D eigenvalue weighted by Gasteiger charge is 2.41. The van der Waals surface area contributed by atoms with Crippen molar-refractivity contribution in [3.05, 3.63) is 23.8 Å². The lowest BCUT2D eigenvalue weighted by molar-refractivity contribution is -0.953. The van der Waals surface area contributed by atoms with Gasteiger partial charge < -0.3 is 24.4 Å². The van der Waals surface area contributed by atoms with Gasteiger partial charge in [-0.3, -0.25) is 4.79 Å². The Labute approximate surface area is 186 Å². The maximum absolute atomic E-state index is 12.9. The first kappa shape index (κ1) is 22.6. The van der Waals surface area contributed by atoms with E-state index in [9.17, 15) is 4.79 Å². The third kappa shape index (κ3) is 4.91. The van der Waals surface area contributed by atoms with E-state index in [2.05, 4.69) is 26.0 Å². The fourth-order valence-electron chi connectivity index (χ4n) is 5.77. The lowest BCUT2D eigenvalue weighted by Crippen LogP contribution is -2.60. The molecular formula is C25H39N2O4+. The molecule has 6 heteroatoms. The fourth-order valence-corrected chi connectivity index (χ4v) is 5.77. The van der Waals surface area contributed by atoms with E-state index in [0.717, 1.165) is 67.7 Å². The van der Waals surface area contributed by atoms with Gasteiger partial charge in [-0.05, 0) is 50.3 Å². The van der Waals surface area contributed by atoms with Crippen LogP contribution in [0.15, 0.2) is 18.2 Å². The molecule has 3 heterocycles. The Balaban J connectivity index is 1.35. The number of carbonyl (C=O) groups excluding carboxylic acids is 1. The second-order valence-corrected chi connectivity index (χ2v) is 9.67. The highest BCUT2D eigenvalue weighted by atomic mass is 16.6. The van der Waals surface area contributed by atoms with Gasteiger partial charge in [-0.1, -0.05) is 6.07 Å². The smallest absolute Gasteiger partial charge is 0.161 e. The normalized spacial score (nSPS) is 28.7. The third-order valence-corrected chi connectivity index (χ3v) is 8.05. The predicted molar refractivity (Wildman–Crippen MR) is 120 cm³/mol. The van der Waals surface area contributed by atoms with Crippen molar-refractivity contribution in [1.29, 1.82) is 0 Å². The lowest BCUT2D eigenvalue weighted by atomic mass is 9.80. The number of rotatable bonds is 7. The Morgan fingerprint density at radius 2 is 1.74 bits per heavy atom. The van der Waals surface area contributed by atoms with Crippen LogP contribution in [0, 0.1) is 11.8 Å². The van der Waals surface area contributed by atoms with Gasteiger partial charge in [-0.15, -0.1) is 0 Å². The Kier molecular flexibility index (Phi) is 7.19. The minimum absolute atomic E-state index is 0.102. The molecule has 6 nitrogen and oxygen atoms in total. The number of piperidine rings is 1. The molecule has 3 aliphatic heterocycles. The van der Waals surface area contributed by atoms with Gasteiger partial charge in [-0.2, -0.15) is 0 Å². The fraction of sp³-hybridized carbons (Fsp3) is 0.720. The van der Waals surface area contributed by atoms with Crippen LogP contribution in [0.5, 0.6) is 11.5 Å². The zero-order valence-electron chi connectivity index (χ0n) is 19.2. The van der Waals surface area contributed by atoms with Gasteiger partial charge in [0.15, 0.2) is 17.3 Å². The quantitative estimate of drug-likeness (QED) is 0.672. The summed E-state index contributed by atoms with van der Waals surface area (Å²) in [6.07, 6.45) is 4.76. The summed E-state index contributed by atoms with van der Waals surface area (Å²) in [5.41, 5.74) is 7.80. The van der Waals surface area contributed by atoms with Crippen LogP contribution in [0.2, 0.25) is 0 Å². The summed E-state index contributed by atoms with van der Waals surface area (Å²) < 4.78 is 17.9. The number of benzene rings is 1. The van der Waals surface area contributed by atoms with E-state index in [4.69, 9.17) is 19.9 Å². The van der Waals surface area contributed by atoms with Crippen molar-refractivity contribution in [3.8, 4) is 11.5 Å². The zero-order valence-corrected chi connectivity index (χ0v) is 19.2. The number of likely N-dealkylation sites (N-methyl/N-ethyl adjacent to an activating group) is 1. The van der Waals surface area contributed by atoms with Crippen LogP contribution in [0.1, 0.15) is 45.1 Å². The molecule has 2 unspecified atom stereocenters. The van der Waals surface area contributed by atoms with Crippen LogP contribution in [-0.4, -0.2) is 68.4 Å². The van der Waals surface area contributed by atoms with Gasteiger partial charge in [0.05, 0.1) is 31.7 Å². The number of Topliss-reactive ketones (excluding diaryl/α,β-unsaturated/α-hetero) is 1. The Hall–Kier alpha value is -1.63. The van der Waals surface area contributed by atoms with E-state index in [0.29, 0.717) is 38.4 Å². The number of hydrogen-bond acceptors (Lipinski definition) is 5. The van der Waals surface area contributed by atoms with Gasteiger partial charge in [0.25, 0.3) is 0 Å². The van der Waals surface area contributed by atoms with Crippen LogP contribution >= 0.6 is 0 Å². The summed E-state index contributed by atoms with van der Waals surface area (Å²) in [4.78, 5) is 12.9. The van der Waals surface area contributed by atoms with E-state index in [-0.39, 0.29) is 17.7 Å². The van der Waals surface area contributed by atoms with E-state index in [1.54, 1.807) is 0 Å². The Morgan fingerprint density at radius 3 is 2.42 bits per heavy atom. The van der Waals surface area contributed by atoms with Crippen molar-refractivity contribution in [1.82, 2.24) is 0 Å². The molecule has 0 amide bonds. The van der Waals surface area contributed by atoms with Gasteiger partial charge in [0.2, 0.25) is 0 Å². The molecule has 3 aliphatic rings.